The van der Waals surface area contributed by atoms with Crippen LogP contribution in [0.15, 0.2) is 57.8 Å². The van der Waals surface area contributed by atoms with Gasteiger partial charge in [-0.1, -0.05) is 76.6 Å². The van der Waals surface area contributed by atoms with Gasteiger partial charge in [-0.05, 0) is 55.2 Å². The molecule has 0 unspecified atom stereocenters. The maximum atomic E-state index is 13.4. The van der Waals surface area contributed by atoms with Crippen LogP contribution in [0.1, 0.15) is 81.9 Å². The number of sulfone groups is 1. The number of fused-ring (bicyclic) bond motifs is 1. The fourth-order valence-electron chi connectivity index (χ4n) is 4.83. The first-order valence-electron chi connectivity index (χ1n) is 13.4. The van der Waals surface area contributed by atoms with Crippen LogP contribution in [0, 0.1) is 29.6 Å². The molecule has 2 aromatic carbocycles. The van der Waals surface area contributed by atoms with Crippen molar-refractivity contribution in [2.75, 3.05) is 18.0 Å². The quantitative estimate of drug-likeness (QED) is 0.209. The zero-order chi connectivity index (χ0) is 26.8. The van der Waals surface area contributed by atoms with Crippen molar-refractivity contribution in [1.82, 2.24) is 0 Å². The van der Waals surface area contributed by atoms with Gasteiger partial charge in [0.2, 0.25) is 0 Å². The van der Waals surface area contributed by atoms with E-state index in [9.17, 15) is 19.6 Å². The van der Waals surface area contributed by atoms with E-state index in [0.29, 0.717) is 5.56 Å². The van der Waals surface area contributed by atoms with Gasteiger partial charge in [0, 0.05) is 39.7 Å². The van der Waals surface area contributed by atoms with Gasteiger partial charge in [0.25, 0.3) is 0 Å². The number of hydrogen-bond acceptors (Lipinski definition) is 5. The van der Waals surface area contributed by atoms with E-state index in [-0.39, 0.29) is 20.9 Å². The first kappa shape index (κ1) is 28.5. The Bertz CT molecular complexity index is 1210. The molecule has 0 atom stereocenters. The third kappa shape index (κ3) is 6.65. The molecule has 2 aromatic rings. The monoisotopic (exact) mass is 515 g/mol. The SMILES string of the molecule is CCCCCCN(CCCCCC)c1ccc(/C=C2/C(=C(C#N)C#N)c3ccccc3S2([O-])[O-])c(C)c1. The van der Waals surface area contributed by atoms with Crippen molar-refractivity contribution in [3.05, 3.63) is 69.6 Å². The number of nitriles is 2. The maximum absolute atomic E-state index is 13.4. The molecule has 0 saturated heterocycles. The van der Waals surface area contributed by atoms with Gasteiger partial charge in [-0.2, -0.15) is 10.5 Å². The molecule has 0 saturated carbocycles. The second-order valence-corrected chi connectivity index (χ2v) is 11.5. The van der Waals surface area contributed by atoms with E-state index in [4.69, 9.17) is 0 Å². The molecule has 3 rings (SSSR count). The Morgan fingerprint density at radius 3 is 2.08 bits per heavy atom. The van der Waals surface area contributed by atoms with E-state index in [0.717, 1.165) is 42.7 Å². The van der Waals surface area contributed by atoms with Gasteiger partial charge >= 0.3 is 0 Å². The summed E-state index contributed by atoms with van der Waals surface area (Å²) in [6.45, 7) is 8.44. The van der Waals surface area contributed by atoms with Gasteiger partial charge < -0.3 is 24.6 Å². The fourth-order valence-corrected chi connectivity index (χ4v) is 6.54. The molecule has 0 aromatic heterocycles. The highest BCUT2D eigenvalue weighted by molar-refractivity contribution is 8.28. The highest BCUT2D eigenvalue weighted by atomic mass is 32.3. The van der Waals surface area contributed by atoms with Crippen molar-refractivity contribution in [2.45, 2.75) is 77.0 Å². The van der Waals surface area contributed by atoms with Crippen molar-refractivity contribution in [3.8, 4) is 12.1 Å². The van der Waals surface area contributed by atoms with E-state index < -0.39 is 10.6 Å². The summed E-state index contributed by atoms with van der Waals surface area (Å²) in [6.07, 6.45) is 11.3. The van der Waals surface area contributed by atoms with E-state index in [1.54, 1.807) is 24.3 Å². The Balaban J connectivity index is 1.97. The molecule has 0 bridgehead atoms. The Morgan fingerprint density at radius 2 is 1.51 bits per heavy atom. The number of benzene rings is 2. The van der Waals surface area contributed by atoms with Gasteiger partial charge in [-0.15, -0.1) is 0 Å². The highest BCUT2D eigenvalue weighted by Crippen LogP contribution is 2.67. The normalized spacial score (nSPS) is 15.6. The lowest BCUT2D eigenvalue weighted by molar-refractivity contribution is 0.456. The molecule has 0 spiro atoms. The van der Waals surface area contributed by atoms with Gasteiger partial charge in [0.05, 0.1) is 0 Å². The zero-order valence-electron chi connectivity index (χ0n) is 22.3. The predicted octanol–water partition coefficient (Wildman–Crippen LogP) is 8.24. The summed E-state index contributed by atoms with van der Waals surface area (Å²) in [5.74, 6) is 0. The molecule has 0 fully saturated rings. The van der Waals surface area contributed by atoms with E-state index in [2.05, 4.69) is 30.9 Å². The molecular weight excluding hydrogens is 478 g/mol. The molecular formula is C31H37N3O2S-2. The average Bonchev–Trinajstić information content (AvgIpc) is 3.11. The Kier molecular flexibility index (Phi) is 10.4. The Hall–Kier alpha value is -3.03. The van der Waals surface area contributed by atoms with Crippen LogP contribution in [0.2, 0.25) is 0 Å². The van der Waals surface area contributed by atoms with E-state index >= 15 is 0 Å². The zero-order valence-corrected chi connectivity index (χ0v) is 23.1. The molecule has 1 heterocycles. The lowest BCUT2D eigenvalue weighted by Crippen LogP contribution is -2.25. The predicted molar refractivity (Wildman–Crippen MR) is 152 cm³/mol. The summed E-state index contributed by atoms with van der Waals surface area (Å²) in [5, 5.41) is 19.1. The number of aryl methyl sites for hydroxylation is 1. The van der Waals surface area contributed by atoms with Crippen LogP contribution in [-0.2, 0) is 0 Å². The van der Waals surface area contributed by atoms with Crippen LogP contribution in [-0.4, -0.2) is 22.2 Å². The Morgan fingerprint density at radius 1 is 0.892 bits per heavy atom. The molecule has 5 nitrogen and oxygen atoms in total. The van der Waals surface area contributed by atoms with Crippen LogP contribution in [0.5, 0.6) is 0 Å². The number of anilines is 1. The minimum atomic E-state index is -3.85. The van der Waals surface area contributed by atoms with Crippen molar-refractivity contribution >= 4 is 27.9 Å². The van der Waals surface area contributed by atoms with E-state index in [1.807, 2.05) is 25.1 Å². The van der Waals surface area contributed by atoms with Crippen LogP contribution in [0.4, 0.5) is 5.69 Å². The third-order valence-corrected chi connectivity index (χ3v) is 8.76. The molecule has 6 heteroatoms. The standard InChI is InChI=1S/C31H39N3O2S/c1-4-6-8-12-18-34(19-13-9-7-5-2)27-17-16-25(24(3)20-27)21-30-31(26(22-32)23-33)28-14-10-11-15-29(28)37(30,35)36/h10-11,14-17,20-21,35-36H,4-9,12-13,18-19H2,1-3H3/p-2/b30-21-. The average molecular weight is 516 g/mol. The van der Waals surface area contributed by atoms with Crippen LogP contribution < -0.4 is 4.90 Å². The summed E-state index contributed by atoms with van der Waals surface area (Å²) in [5.41, 5.74) is 3.27. The van der Waals surface area contributed by atoms with E-state index in [1.165, 1.54) is 44.6 Å². The first-order chi connectivity index (χ1) is 17.9. The Labute approximate surface area is 224 Å². The molecule has 0 amide bonds. The van der Waals surface area contributed by atoms with Crippen molar-refractivity contribution in [2.24, 2.45) is 0 Å². The number of allylic oxidation sites excluding steroid dienone is 2. The minimum absolute atomic E-state index is 0.0126. The molecule has 0 radical (unpaired) electrons. The highest BCUT2D eigenvalue weighted by Gasteiger charge is 2.28. The summed E-state index contributed by atoms with van der Waals surface area (Å²) in [6, 6.07) is 16.5. The van der Waals surface area contributed by atoms with Gasteiger partial charge in [0.1, 0.15) is 17.7 Å². The fraction of sp³-hybridized carbons (Fsp3) is 0.419. The van der Waals surface area contributed by atoms with Gasteiger partial charge in [-0.25, -0.2) is 0 Å². The van der Waals surface area contributed by atoms with Gasteiger partial charge in [-0.3, -0.25) is 0 Å². The number of nitrogens with zero attached hydrogens (tertiary/aromatic N) is 3. The topological polar surface area (TPSA) is 96.9 Å². The number of unbranched alkanes of at least 4 members (excludes halogenated alkanes) is 6. The molecule has 0 aliphatic carbocycles. The smallest absolute Gasteiger partial charge is 0.139 e. The summed E-state index contributed by atoms with van der Waals surface area (Å²) in [7, 11) is -3.85. The molecule has 1 aliphatic rings. The molecule has 0 N–H and O–H groups in total. The summed E-state index contributed by atoms with van der Waals surface area (Å²) in [4.78, 5) is 2.60. The minimum Gasteiger partial charge on any atom is -0.792 e. The lowest BCUT2D eigenvalue weighted by Gasteiger charge is -2.58. The third-order valence-electron chi connectivity index (χ3n) is 6.92. The van der Waals surface area contributed by atoms with Crippen molar-refractivity contribution in [3.63, 3.8) is 0 Å². The second kappa shape index (κ2) is 13.5. The van der Waals surface area contributed by atoms with Crippen LogP contribution in [0.3, 0.4) is 0 Å². The van der Waals surface area contributed by atoms with Crippen LogP contribution >= 0.6 is 10.6 Å². The first-order valence-corrected chi connectivity index (χ1v) is 14.8. The number of hydrogen-bond donors (Lipinski definition) is 0. The summed E-state index contributed by atoms with van der Waals surface area (Å²) >= 11 is 0. The van der Waals surface area contributed by atoms with Gasteiger partial charge in [0.15, 0.2) is 0 Å². The largest absolute Gasteiger partial charge is 0.792 e. The molecule has 1 aliphatic heterocycles. The molecule has 196 valence electrons. The van der Waals surface area contributed by atoms with Crippen LogP contribution in [0.25, 0.3) is 11.6 Å². The van der Waals surface area contributed by atoms with Crippen molar-refractivity contribution in [1.29, 1.82) is 10.5 Å². The second-order valence-electron chi connectivity index (χ2n) is 9.63. The lowest BCUT2D eigenvalue weighted by atomic mass is 9.98. The summed E-state index contributed by atoms with van der Waals surface area (Å²) < 4.78 is 26.9. The van der Waals surface area contributed by atoms with Crippen molar-refractivity contribution < 1.29 is 9.11 Å². The number of rotatable bonds is 12. The maximum Gasteiger partial charge on any atom is 0.139 e. The molecule has 37 heavy (non-hydrogen) atoms.